The zero-order valence-corrected chi connectivity index (χ0v) is 14.7. The van der Waals surface area contributed by atoms with Gasteiger partial charge in [-0.1, -0.05) is 37.3 Å². The average molecular weight is 364 g/mol. The fraction of sp³-hybridized carbons (Fsp3) is 0.389. The van der Waals surface area contributed by atoms with E-state index in [-0.39, 0.29) is 5.91 Å². The smallest absolute Gasteiger partial charge is 0.222 e. The summed E-state index contributed by atoms with van der Waals surface area (Å²) in [6, 6.07) is 14.1. The van der Waals surface area contributed by atoms with E-state index in [2.05, 4.69) is 47.1 Å². The second-order valence-electron chi connectivity index (χ2n) is 5.79. The molecule has 22 heavy (non-hydrogen) atoms. The van der Waals surface area contributed by atoms with Crippen molar-refractivity contribution in [2.24, 2.45) is 5.92 Å². The number of hydrogen-bond donors (Lipinski definition) is 0. The van der Waals surface area contributed by atoms with Gasteiger partial charge < -0.3 is 9.32 Å². The van der Waals surface area contributed by atoms with Gasteiger partial charge in [-0.3, -0.25) is 4.79 Å². The first-order valence-corrected chi connectivity index (χ1v) is 8.36. The minimum atomic E-state index is 0.160. The van der Waals surface area contributed by atoms with E-state index >= 15 is 0 Å². The molecule has 1 unspecified atom stereocenters. The van der Waals surface area contributed by atoms with E-state index in [9.17, 15) is 4.79 Å². The molecule has 0 radical (unpaired) electrons. The lowest BCUT2D eigenvalue weighted by molar-refractivity contribution is -0.131. The number of nitrogens with zero attached hydrogens (tertiary/aromatic N) is 1. The molecule has 2 rings (SSSR count). The number of carbonyl (C=O) groups excluding carboxylic acids is 1. The first kappa shape index (κ1) is 16.8. The SMILES string of the molecule is CC(CCc1ccccc1)CC(=O)N(C)Cc1ccc(Br)o1. The summed E-state index contributed by atoms with van der Waals surface area (Å²) in [6.07, 6.45) is 2.62. The molecule has 0 saturated heterocycles. The Balaban J connectivity index is 1.75. The summed E-state index contributed by atoms with van der Waals surface area (Å²) >= 11 is 3.27. The van der Waals surface area contributed by atoms with Crippen LogP contribution in [0.5, 0.6) is 0 Å². The van der Waals surface area contributed by atoms with Crippen LogP contribution in [0.4, 0.5) is 0 Å². The van der Waals surface area contributed by atoms with E-state index in [0.717, 1.165) is 18.6 Å². The van der Waals surface area contributed by atoms with E-state index in [1.165, 1.54) is 5.56 Å². The van der Waals surface area contributed by atoms with Gasteiger partial charge in [0.25, 0.3) is 0 Å². The van der Waals surface area contributed by atoms with Crippen molar-refractivity contribution >= 4 is 21.8 Å². The Labute approximate surface area is 140 Å². The molecule has 0 aliphatic heterocycles. The topological polar surface area (TPSA) is 33.5 Å². The predicted molar refractivity (Wildman–Crippen MR) is 91.4 cm³/mol. The Morgan fingerprint density at radius 2 is 1.95 bits per heavy atom. The molecule has 118 valence electrons. The molecule has 0 bridgehead atoms. The van der Waals surface area contributed by atoms with E-state index in [1.807, 2.05) is 25.2 Å². The molecule has 1 amide bonds. The molecule has 0 aliphatic rings. The van der Waals surface area contributed by atoms with Crippen LogP contribution in [0.3, 0.4) is 0 Å². The molecule has 1 aromatic heterocycles. The van der Waals surface area contributed by atoms with Gasteiger partial charge in [-0.05, 0) is 52.4 Å². The number of carbonyl (C=O) groups is 1. The molecule has 0 saturated carbocycles. The molecule has 1 atom stereocenters. The Bertz CT molecular complexity index is 594. The molecule has 0 spiro atoms. The molecule has 0 fully saturated rings. The maximum atomic E-state index is 12.2. The first-order chi connectivity index (χ1) is 10.5. The standard InChI is InChI=1S/C18H22BrNO2/c1-14(8-9-15-6-4-3-5-7-15)12-18(21)20(2)13-16-10-11-17(19)22-16/h3-7,10-11,14H,8-9,12-13H2,1-2H3. The minimum Gasteiger partial charge on any atom is -0.452 e. The quantitative estimate of drug-likeness (QED) is 0.716. The molecule has 1 aromatic carbocycles. The summed E-state index contributed by atoms with van der Waals surface area (Å²) in [5.41, 5.74) is 1.33. The summed E-state index contributed by atoms with van der Waals surface area (Å²) in [6.45, 7) is 2.65. The van der Waals surface area contributed by atoms with E-state index in [4.69, 9.17) is 4.42 Å². The van der Waals surface area contributed by atoms with Crippen LogP contribution in [0.15, 0.2) is 51.6 Å². The lowest BCUT2D eigenvalue weighted by Crippen LogP contribution is -2.27. The maximum Gasteiger partial charge on any atom is 0.222 e. The predicted octanol–water partition coefficient (Wildman–Crippen LogP) is 4.66. The van der Waals surface area contributed by atoms with Crippen LogP contribution in [0, 0.1) is 5.92 Å². The van der Waals surface area contributed by atoms with Gasteiger partial charge in [0, 0.05) is 13.5 Å². The van der Waals surface area contributed by atoms with Crippen molar-refractivity contribution in [1.29, 1.82) is 0 Å². The first-order valence-electron chi connectivity index (χ1n) is 7.56. The molecular weight excluding hydrogens is 342 g/mol. The van der Waals surface area contributed by atoms with Crippen molar-refractivity contribution in [2.75, 3.05) is 7.05 Å². The minimum absolute atomic E-state index is 0.160. The van der Waals surface area contributed by atoms with Crippen molar-refractivity contribution in [2.45, 2.75) is 32.7 Å². The van der Waals surface area contributed by atoms with E-state index < -0.39 is 0 Å². The lowest BCUT2D eigenvalue weighted by atomic mass is 9.98. The van der Waals surface area contributed by atoms with Crippen LogP contribution in [0.1, 0.15) is 31.1 Å². The van der Waals surface area contributed by atoms with Gasteiger partial charge in [-0.15, -0.1) is 0 Å². The Morgan fingerprint density at radius 3 is 2.59 bits per heavy atom. The van der Waals surface area contributed by atoms with Crippen LogP contribution in [-0.2, 0) is 17.8 Å². The van der Waals surface area contributed by atoms with Crippen molar-refractivity contribution in [3.8, 4) is 0 Å². The maximum absolute atomic E-state index is 12.2. The fourth-order valence-corrected chi connectivity index (χ4v) is 2.71. The third kappa shape index (κ3) is 5.34. The summed E-state index contributed by atoms with van der Waals surface area (Å²) in [5, 5.41) is 0. The number of amides is 1. The highest BCUT2D eigenvalue weighted by Gasteiger charge is 2.15. The molecular formula is C18H22BrNO2. The fourth-order valence-electron chi connectivity index (χ4n) is 2.37. The highest BCUT2D eigenvalue weighted by atomic mass is 79.9. The number of furan rings is 1. The third-order valence-electron chi connectivity index (χ3n) is 3.74. The van der Waals surface area contributed by atoms with Crippen LogP contribution in [-0.4, -0.2) is 17.9 Å². The number of benzene rings is 1. The van der Waals surface area contributed by atoms with Crippen LogP contribution in [0.25, 0.3) is 0 Å². The molecule has 4 heteroatoms. The van der Waals surface area contributed by atoms with Crippen molar-refractivity contribution in [3.63, 3.8) is 0 Å². The third-order valence-corrected chi connectivity index (χ3v) is 4.17. The Kier molecular flexibility index (Phi) is 6.25. The van der Waals surface area contributed by atoms with Crippen molar-refractivity contribution in [1.82, 2.24) is 4.90 Å². The zero-order chi connectivity index (χ0) is 15.9. The van der Waals surface area contributed by atoms with Crippen molar-refractivity contribution < 1.29 is 9.21 Å². The molecule has 1 heterocycles. The van der Waals surface area contributed by atoms with Gasteiger partial charge in [-0.25, -0.2) is 0 Å². The largest absolute Gasteiger partial charge is 0.452 e. The zero-order valence-electron chi connectivity index (χ0n) is 13.1. The summed E-state index contributed by atoms with van der Waals surface area (Å²) in [4.78, 5) is 14.0. The Morgan fingerprint density at radius 1 is 1.23 bits per heavy atom. The average Bonchev–Trinajstić information content (AvgIpc) is 2.91. The monoisotopic (exact) mass is 363 g/mol. The number of aryl methyl sites for hydroxylation is 1. The highest BCUT2D eigenvalue weighted by Crippen LogP contribution is 2.17. The summed E-state index contributed by atoms with van der Waals surface area (Å²) < 4.78 is 6.13. The van der Waals surface area contributed by atoms with Crippen LogP contribution >= 0.6 is 15.9 Å². The van der Waals surface area contributed by atoms with Gasteiger partial charge in [0.05, 0.1) is 6.54 Å². The van der Waals surface area contributed by atoms with E-state index in [1.54, 1.807) is 4.90 Å². The van der Waals surface area contributed by atoms with Crippen LogP contribution < -0.4 is 0 Å². The van der Waals surface area contributed by atoms with Gasteiger partial charge in [0.15, 0.2) is 4.67 Å². The van der Waals surface area contributed by atoms with Crippen molar-refractivity contribution in [3.05, 3.63) is 58.5 Å². The van der Waals surface area contributed by atoms with Gasteiger partial charge in [-0.2, -0.15) is 0 Å². The second-order valence-corrected chi connectivity index (χ2v) is 6.57. The lowest BCUT2D eigenvalue weighted by Gasteiger charge is -2.18. The molecule has 0 aliphatic carbocycles. The summed E-state index contributed by atoms with van der Waals surface area (Å²) in [7, 11) is 1.82. The van der Waals surface area contributed by atoms with Gasteiger partial charge >= 0.3 is 0 Å². The van der Waals surface area contributed by atoms with E-state index in [0.29, 0.717) is 23.6 Å². The highest BCUT2D eigenvalue weighted by molar-refractivity contribution is 9.10. The van der Waals surface area contributed by atoms with Crippen LogP contribution in [0.2, 0.25) is 0 Å². The Hall–Kier alpha value is -1.55. The molecule has 0 N–H and O–H groups in total. The number of rotatable bonds is 7. The molecule has 3 nitrogen and oxygen atoms in total. The van der Waals surface area contributed by atoms with Gasteiger partial charge in [0.1, 0.15) is 5.76 Å². The van der Waals surface area contributed by atoms with Gasteiger partial charge in [0.2, 0.25) is 5.91 Å². The molecule has 2 aromatic rings. The summed E-state index contributed by atoms with van der Waals surface area (Å²) in [5.74, 6) is 1.33. The number of hydrogen-bond acceptors (Lipinski definition) is 2. The number of halogens is 1. The second kappa shape index (κ2) is 8.18. The normalized spacial score (nSPS) is 12.1.